The van der Waals surface area contributed by atoms with Crippen LogP contribution in [-0.4, -0.2) is 11.4 Å². The van der Waals surface area contributed by atoms with Gasteiger partial charge in [-0.1, -0.05) is 48.0 Å². The van der Waals surface area contributed by atoms with Gasteiger partial charge in [0.15, 0.2) is 0 Å². The molecule has 0 unspecified atom stereocenters. The molecule has 0 bridgehead atoms. The van der Waals surface area contributed by atoms with Gasteiger partial charge in [-0.25, -0.2) is 0 Å². The number of carbonyl (C=O) groups excluding carboxylic acids is 1. The molecule has 0 aliphatic carbocycles. The second-order valence-corrected chi connectivity index (χ2v) is 5.68. The largest absolute Gasteiger partial charge is 0.350 e. The molecule has 0 saturated heterocycles. The third kappa shape index (κ3) is 5.56. The van der Waals surface area contributed by atoms with Crippen molar-refractivity contribution in [1.82, 2.24) is 5.32 Å². The Bertz CT molecular complexity index is 219. The summed E-state index contributed by atoms with van der Waals surface area (Å²) in [5.74, 6) is 1.03. The quantitative estimate of drug-likeness (QED) is 0.680. The van der Waals surface area contributed by atoms with Gasteiger partial charge in [0.2, 0.25) is 5.91 Å². The normalized spacial score (nSPS) is 13.8. The molecule has 0 aromatic heterocycles. The Morgan fingerprint density at radius 2 is 1.65 bits per heavy atom. The molecule has 0 aromatic rings. The second-order valence-electron chi connectivity index (χ2n) is 5.68. The minimum atomic E-state index is 0.0186. The van der Waals surface area contributed by atoms with Crippen LogP contribution in [0.2, 0.25) is 0 Å². The molecule has 0 fully saturated rings. The number of nitrogens with one attached hydrogen (secondary N) is 1. The van der Waals surface area contributed by atoms with E-state index in [1.54, 1.807) is 0 Å². The van der Waals surface area contributed by atoms with E-state index in [4.69, 9.17) is 0 Å². The highest BCUT2D eigenvalue weighted by Gasteiger charge is 2.28. The lowest BCUT2D eigenvalue weighted by Crippen LogP contribution is -2.49. The molecule has 0 heterocycles. The van der Waals surface area contributed by atoms with E-state index in [2.05, 4.69) is 33.0 Å². The Balaban J connectivity index is 4.50. The van der Waals surface area contributed by atoms with E-state index in [1.807, 2.05) is 13.8 Å². The first kappa shape index (κ1) is 16.5. The highest BCUT2D eigenvalue weighted by Crippen LogP contribution is 2.25. The summed E-state index contributed by atoms with van der Waals surface area (Å²) in [7, 11) is 0. The third-order valence-electron chi connectivity index (χ3n) is 4.08. The van der Waals surface area contributed by atoms with Crippen LogP contribution < -0.4 is 5.32 Å². The van der Waals surface area contributed by atoms with Crippen LogP contribution in [0.4, 0.5) is 0 Å². The minimum Gasteiger partial charge on any atom is -0.350 e. The fourth-order valence-corrected chi connectivity index (χ4v) is 1.98. The predicted molar refractivity (Wildman–Crippen MR) is 75.0 cm³/mol. The maximum absolute atomic E-state index is 11.9. The van der Waals surface area contributed by atoms with E-state index >= 15 is 0 Å². The van der Waals surface area contributed by atoms with Gasteiger partial charge in [-0.15, -0.1) is 0 Å². The fraction of sp³-hybridized carbons (Fsp3) is 0.933. The SMILES string of the molecule is CC[C@@H](C)CCC(CC)(CC)NC(=O)C(C)C. The van der Waals surface area contributed by atoms with Crippen molar-refractivity contribution in [3.05, 3.63) is 0 Å². The zero-order valence-electron chi connectivity index (χ0n) is 12.6. The molecular weight excluding hydrogens is 210 g/mol. The molecule has 1 atom stereocenters. The lowest BCUT2D eigenvalue weighted by Gasteiger charge is -2.34. The van der Waals surface area contributed by atoms with E-state index in [9.17, 15) is 4.79 Å². The average molecular weight is 241 g/mol. The Kier molecular flexibility index (Phi) is 7.49. The van der Waals surface area contributed by atoms with Gasteiger partial charge in [0.25, 0.3) is 0 Å². The van der Waals surface area contributed by atoms with Gasteiger partial charge < -0.3 is 5.32 Å². The van der Waals surface area contributed by atoms with Gasteiger partial charge in [0, 0.05) is 11.5 Å². The van der Waals surface area contributed by atoms with Gasteiger partial charge in [-0.2, -0.15) is 0 Å². The van der Waals surface area contributed by atoms with Crippen molar-refractivity contribution >= 4 is 5.91 Å². The Morgan fingerprint density at radius 3 is 2.00 bits per heavy atom. The van der Waals surface area contributed by atoms with Crippen LogP contribution in [0.25, 0.3) is 0 Å². The lowest BCUT2D eigenvalue weighted by molar-refractivity contribution is -0.126. The summed E-state index contributed by atoms with van der Waals surface area (Å²) in [6, 6.07) is 0. The smallest absolute Gasteiger partial charge is 0.222 e. The van der Waals surface area contributed by atoms with Crippen molar-refractivity contribution in [2.24, 2.45) is 11.8 Å². The summed E-state index contributed by atoms with van der Waals surface area (Å²) in [5, 5.41) is 3.27. The lowest BCUT2D eigenvalue weighted by atomic mass is 9.84. The topological polar surface area (TPSA) is 29.1 Å². The summed E-state index contributed by atoms with van der Waals surface area (Å²) in [6.07, 6.45) is 5.59. The number of hydrogen-bond acceptors (Lipinski definition) is 1. The molecule has 1 N–H and O–H groups in total. The Labute approximate surface area is 108 Å². The van der Waals surface area contributed by atoms with E-state index in [1.165, 1.54) is 12.8 Å². The summed E-state index contributed by atoms with van der Waals surface area (Å²) in [6.45, 7) is 12.8. The maximum atomic E-state index is 11.9. The number of hydrogen-bond donors (Lipinski definition) is 1. The molecular formula is C15H31NO. The molecule has 0 radical (unpaired) electrons. The van der Waals surface area contributed by atoms with Gasteiger partial charge >= 0.3 is 0 Å². The van der Waals surface area contributed by atoms with Gasteiger partial charge in [-0.3, -0.25) is 4.79 Å². The zero-order chi connectivity index (χ0) is 13.5. The van der Waals surface area contributed by atoms with Crippen LogP contribution in [0.5, 0.6) is 0 Å². The van der Waals surface area contributed by atoms with Gasteiger partial charge in [-0.05, 0) is 31.6 Å². The van der Waals surface area contributed by atoms with Crippen LogP contribution in [0, 0.1) is 11.8 Å². The van der Waals surface area contributed by atoms with Crippen LogP contribution in [0.1, 0.15) is 73.6 Å². The third-order valence-corrected chi connectivity index (χ3v) is 4.08. The molecule has 2 heteroatoms. The van der Waals surface area contributed by atoms with E-state index < -0.39 is 0 Å². The van der Waals surface area contributed by atoms with Gasteiger partial charge in [0.1, 0.15) is 0 Å². The standard InChI is InChI=1S/C15H31NO/c1-7-13(6)10-11-15(8-2,9-3)16-14(17)12(4)5/h12-13H,7-11H2,1-6H3,(H,16,17)/t13-/m1/s1. The fourth-order valence-electron chi connectivity index (χ4n) is 1.98. The molecule has 0 spiro atoms. The van der Waals surface area contributed by atoms with E-state index in [-0.39, 0.29) is 17.4 Å². The highest BCUT2D eigenvalue weighted by atomic mass is 16.2. The van der Waals surface area contributed by atoms with Gasteiger partial charge in [0.05, 0.1) is 0 Å². The Morgan fingerprint density at radius 1 is 1.12 bits per heavy atom. The monoisotopic (exact) mass is 241 g/mol. The van der Waals surface area contributed by atoms with Crippen LogP contribution in [-0.2, 0) is 4.79 Å². The van der Waals surface area contributed by atoms with Crippen molar-refractivity contribution < 1.29 is 4.79 Å². The van der Waals surface area contributed by atoms with Crippen LogP contribution in [0.3, 0.4) is 0 Å². The van der Waals surface area contributed by atoms with Crippen LogP contribution >= 0.6 is 0 Å². The first-order chi connectivity index (χ1) is 7.90. The molecule has 0 rings (SSSR count). The number of rotatable bonds is 8. The van der Waals surface area contributed by atoms with Crippen molar-refractivity contribution in [3.63, 3.8) is 0 Å². The van der Waals surface area contributed by atoms with Crippen LogP contribution in [0.15, 0.2) is 0 Å². The predicted octanol–water partition coefficient (Wildman–Crippen LogP) is 4.14. The molecule has 0 saturated carbocycles. The first-order valence-electron chi connectivity index (χ1n) is 7.22. The van der Waals surface area contributed by atoms with Crippen molar-refractivity contribution in [1.29, 1.82) is 0 Å². The summed E-state index contributed by atoms with van der Waals surface area (Å²) >= 11 is 0. The van der Waals surface area contributed by atoms with Crippen molar-refractivity contribution in [2.45, 2.75) is 79.2 Å². The maximum Gasteiger partial charge on any atom is 0.222 e. The number of amides is 1. The molecule has 0 aromatic carbocycles. The molecule has 1 amide bonds. The molecule has 0 aliphatic rings. The molecule has 102 valence electrons. The van der Waals surface area contributed by atoms with E-state index in [0.717, 1.165) is 25.2 Å². The first-order valence-corrected chi connectivity index (χ1v) is 7.22. The minimum absolute atomic E-state index is 0.0186. The summed E-state index contributed by atoms with van der Waals surface area (Å²) in [5.41, 5.74) is 0.0186. The molecule has 17 heavy (non-hydrogen) atoms. The second kappa shape index (κ2) is 7.73. The average Bonchev–Trinajstić information content (AvgIpc) is 2.33. The zero-order valence-corrected chi connectivity index (χ0v) is 12.6. The highest BCUT2D eigenvalue weighted by molar-refractivity contribution is 5.78. The Hall–Kier alpha value is -0.530. The van der Waals surface area contributed by atoms with E-state index in [0.29, 0.717) is 0 Å². The number of carbonyl (C=O) groups is 1. The molecule has 2 nitrogen and oxygen atoms in total. The summed E-state index contributed by atoms with van der Waals surface area (Å²) in [4.78, 5) is 11.9. The summed E-state index contributed by atoms with van der Waals surface area (Å²) < 4.78 is 0. The van der Waals surface area contributed by atoms with Crippen molar-refractivity contribution in [3.8, 4) is 0 Å². The van der Waals surface area contributed by atoms with Crippen molar-refractivity contribution in [2.75, 3.05) is 0 Å². The molecule has 0 aliphatic heterocycles.